The number of hydrogen-bond acceptors (Lipinski definition) is 9. The van der Waals surface area contributed by atoms with Crippen LogP contribution in [0.3, 0.4) is 0 Å². The summed E-state index contributed by atoms with van der Waals surface area (Å²) < 4.78 is 18.2. The van der Waals surface area contributed by atoms with E-state index in [1.54, 1.807) is 24.5 Å². The number of piperazine rings is 1. The largest absolute Gasteiger partial charge is 0.445 e. The van der Waals surface area contributed by atoms with Crippen LogP contribution in [0.1, 0.15) is 36.0 Å². The van der Waals surface area contributed by atoms with Crippen LogP contribution in [0.5, 0.6) is 0 Å². The first kappa shape index (κ1) is 28.7. The fraction of sp³-hybridized carbons (Fsp3) is 0.387. The smallest absolute Gasteiger partial charge is 0.411 e. The Bertz CT molecular complexity index is 1270. The van der Waals surface area contributed by atoms with E-state index in [-0.39, 0.29) is 31.3 Å². The second kappa shape index (κ2) is 13.7. The summed E-state index contributed by atoms with van der Waals surface area (Å²) in [6.45, 7) is 10.1. The molecule has 2 aromatic carbocycles. The lowest BCUT2D eigenvalue weighted by Gasteiger charge is -2.44. The van der Waals surface area contributed by atoms with Crippen LogP contribution in [-0.4, -0.2) is 71.5 Å². The lowest BCUT2D eigenvalue weighted by Crippen LogP contribution is -2.51. The number of amides is 1. The highest BCUT2D eigenvalue weighted by atomic mass is 16.7. The van der Waals surface area contributed by atoms with Crippen LogP contribution >= 0.6 is 0 Å². The fourth-order valence-electron chi connectivity index (χ4n) is 5.18. The van der Waals surface area contributed by atoms with Gasteiger partial charge in [0.2, 0.25) is 5.95 Å². The minimum atomic E-state index is -0.584. The molecule has 3 heterocycles. The quantitative estimate of drug-likeness (QED) is 0.371. The van der Waals surface area contributed by atoms with E-state index in [0.29, 0.717) is 5.69 Å². The molecular formula is C31H37N5O5. The summed E-state index contributed by atoms with van der Waals surface area (Å²) in [5.41, 5.74) is 3.37. The van der Waals surface area contributed by atoms with Crippen LogP contribution in [0.25, 0.3) is 0 Å². The molecule has 3 aromatic rings. The van der Waals surface area contributed by atoms with Gasteiger partial charge < -0.3 is 24.2 Å². The van der Waals surface area contributed by atoms with Crippen molar-refractivity contribution in [2.75, 3.05) is 49.5 Å². The number of ether oxygens (including phenoxy) is 3. The molecule has 2 saturated heterocycles. The predicted octanol–water partition coefficient (Wildman–Crippen LogP) is 4.32. The van der Waals surface area contributed by atoms with Gasteiger partial charge in [-0.1, -0.05) is 56.0 Å². The van der Waals surface area contributed by atoms with Crippen molar-refractivity contribution in [3.63, 3.8) is 0 Å². The average Bonchev–Trinajstić information content (AvgIpc) is 3.02. The molecule has 0 spiro atoms. The third-order valence-electron chi connectivity index (χ3n) is 7.53. The maximum absolute atomic E-state index is 11.9. The topological polar surface area (TPSA) is 109 Å². The van der Waals surface area contributed by atoms with Crippen molar-refractivity contribution in [2.45, 2.75) is 32.0 Å². The monoisotopic (exact) mass is 559 g/mol. The Morgan fingerprint density at radius 3 is 2.39 bits per heavy atom. The van der Waals surface area contributed by atoms with Crippen LogP contribution in [0.2, 0.25) is 0 Å². The van der Waals surface area contributed by atoms with Gasteiger partial charge in [-0.3, -0.25) is 10.2 Å². The van der Waals surface area contributed by atoms with E-state index in [1.165, 1.54) is 6.08 Å². The number of anilines is 2. The molecule has 41 heavy (non-hydrogen) atoms. The van der Waals surface area contributed by atoms with E-state index in [0.717, 1.165) is 55.4 Å². The predicted molar refractivity (Wildman–Crippen MR) is 155 cm³/mol. The summed E-state index contributed by atoms with van der Waals surface area (Å²) in [5.74, 6) is 0.850. The molecule has 0 saturated carbocycles. The Morgan fingerprint density at radius 1 is 1.05 bits per heavy atom. The lowest BCUT2D eigenvalue weighted by molar-refractivity contribution is -0.276. The first-order valence-corrected chi connectivity index (χ1v) is 13.9. The van der Waals surface area contributed by atoms with Crippen molar-refractivity contribution in [3.05, 3.63) is 96.3 Å². The molecule has 0 aliphatic carbocycles. The van der Waals surface area contributed by atoms with Gasteiger partial charge in [0.05, 0.1) is 18.8 Å². The standard InChI is InChI=1S/C31H37N5O5/c1-3-19-39-31(38)34-26-11-9-25(10-12-26)29-40-27(22(2)28(41-29)24-7-5-23(21-37)6-8-24)20-35-15-17-36(18-16-35)30-32-13-4-14-33-30/h3-14,22,27-29,37H,1,15-21H2,2H3,(H,34,38)/t22-,27+,28+,29+/m1/s1. The van der Waals surface area contributed by atoms with Gasteiger partial charge in [0.1, 0.15) is 6.61 Å². The molecule has 10 heteroatoms. The Balaban J connectivity index is 1.29. The second-order valence-corrected chi connectivity index (χ2v) is 10.3. The zero-order valence-electron chi connectivity index (χ0n) is 23.3. The van der Waals surface area contributed by atoms with E-state index in [9.17, 15) is 9.90 Å². The number of benzene rings is 2. The molecule has 4 atom stereocenters. The van der Waals surface area contributed by atoms with Crippen LogP contribution < -0.4 is 10.2 Å². The maximum Gasteiger partial charge on any atom is 0.411 e. The molecular weight excluding hydrogens is 522 g/mol. The Kier molecular flexibility index (Phi) is 9.58. The van der Waals surface area contributed by atoms with E-state index in [1.807, 2.05) is 42.5 Å². The molecule has 2 aliphatic rings. The minimum Gasteiger partial charge on any atom is -0.445 e. The van der Waals surface area contributed by atoms with Gasteiger partial charge in [-0.05, 0) is 29.3 Å². The zero-order valence-corrected chi connectivity index (χ0v) is 23.3. The van der Waals surface area contributed by atoms with Crippen molar-refractivity contribution >= 4 is 17.7 Å². The number of aliphatic hydroxyl groups is 1. The van der Waals surface area contributed by atoms with Crippen molar-refractivity contribution in [1.82, 2.24) is 14.9 Å². The molecule has 5 rings (SSSR count). The first-order valence-electron chi connectivity index (χ1n) is 13.9. The molecule has 0 bridgehead atoms. The van der Waals surface area contributed by atoms with Gasteiger partial charge >= 0.3 is 6.09 Å². The highest BCUT2D eigenvalue weighted by molar-refractivity contribution is 5.84. The minimum absolute atomic E-state index is 0.00274. The van der Waals surface area contributed by atoms with Gasteiger partial charge in [-0.2, -0.15) is 0 Å². The summed E-state index contributed by atoms with van der Waals surface area (Å²) in [4.78, 5) is 25.3. The van der Waals surface area contributed by atoms with Gasteiger partial charge in [-0.15, -0.1) is 0 Å². The molecule has 10 nitrogen and oxygen atoms in total. The molecule has 1 aromatic heterocycles. The molecule has 0 radical (unpaired) electrons. The molecule has 0 unspecified atom stereocenters. The molecule has 2 N–H and O–H groups in total. The Hall–Kier alpha value is -3.83. The fourth-order valence-corrected chi connectivity index (χ4v) is 5.18. The average molecular weight is 560 g/mol. The number of nitrogens with zero attached hydrogens (tertiary/aromatic N) is 4. The molecule has 2 fully saturated rings. The summed E-state index contributed by atoms with van der Waals surface area (Å²) in [6, 6.07) is 17.1. The van der Waals surface area contributed by atoms with Gasteiger partial charge in [0, 0.05) is 62.3 Å². The number of carbonyl (C=O) groups excluding carboxylic acids is 1. The summed E-state index contributed by atoms with van der Waals surface area (Å²) >= 11 is 0. The van der Waals surface area contributed by atoms with E-state index >= 15 is 0 Å². The summed E-state index contributed by atoms with van der Waals surface area (Å²) in [6.07, 6.45) is 3.66. The number of nitrogens with one attached hydrogen (secondary N) is 1. The SMILES string of the molecule is C=CCOC(=O)Nc1ccc([C@H]2O[C@@H](CN3CCN(c4ncccn4)CC3)[C@@H](C)[C@@H](c3ccc(CO)cc3)O2)cc1. The Morgan fingerprint density at radius 2 is 1.73 bits per heavy atom. The summed E-state index contributed by atoms with van der Waals surface area (Å²) in [7, 11) is 0. The number of aromatic nitrogens is 2. The van der Waals surface area contributed by atoms with Gasteiger partial charge in [-0.25, -0.2) is 14.8 Å². The van der Waals surface area contributed by atoms with Gasteiger partial charge in [0.25, 0.3) is 0 Å². The van der Waals surface area contributed by atoms with Gasteiger partial charge in [0.15, 0.2) is 6.29 Å². The highest BCUT2D eigenvalue weighted by Crippen LogP contribution is 2.42. The molecule has 2 aliphatic heterocycles. The molecule has 216 valence electrons. The summed E-state index contributed by atoms with van der Waals surface area (Å²) in [5, 5.41) is 12.2. The third-order valence-corrected chi connectivity index (χ3v) is 7.53. The van der Waals surface area contributed by atoms with E-state index < -0.39 is 12.4 Å². The lowest BCUT2D eigenvalue weighted by atomic mass is 9.90. The van der Waals surface area contributed by atoms with Crippen molar-refractivity contribution in [1.29, 1.82) is 0 Å². The first-order chi connectivity index (χ1) is 20.0. The van der Waals surface area contributed by atoms with Crippen LogP contribution in [0.4, 0.5) is 16.4 Å². The van der Waals surface area contributed by atoms with Crippen LogP contribution in [0, 0.1) is 5.92 Å². The maximum atomic E-state index is 11.9. The van der Waals surface area contributed by atoms with Crippen molar-refractivity contribution in [2.24, 2.45) is 5.92 Å². The number of hydrogen-bond donors (Lipinski definition) is 2. The number of aliphatic hydroxyl groups excluding tert-OH is 1. The van der Waals surface area contributed by atoms with E-state index in [2.05, 4.69) is 38.6 Å². The third kappa shape index (κ3) is 7.28. The van der Waals surface area contributed by atoms with Crippen molar-refractivity contribution in [3.8, 4) is 0 Å². The van der Waals surface area contributed by atoms with Crippen LogP contribution in [-0.2, 0) is 20.8 Å². The number of carbonyl (C=O) groups is 1. The van der Waals surface area contributed by atoms with Crippen molar-refractivity contribution < 1.29 is 24.1 Å². The Labute approximate surface area is 240 Å². The second-order valence-electron chi connectivity index (χ2n) is 10.3. The van der Waals surface area contributed by atoms with E-state index in [4.69, 9.17) is 14.2 Å². The highest BCUT2D eigenvalue weighted by Gasteiger charge is 2.39. The zero-order chi connectivity index (χ0) is 28.6. The van der Waals surface area contributed by atoms with Crippen LogP contribution in [0.15, 0.2) is 79.6 Å². The normalized spacial score (nSPS) is 23.1. The number of rotatable bonds is 9. The molecule has 1 amide bonds.